The third-order valence-electron chi connectivity index (χ3n) is 2.50. The van der Waals surface area contributed by atoms with E-state index in [-0.39, 0.29) is 31.0 Å². The summed E-state index contributed by atoms with van der Waals surface area (Å²) in [6.45, 7) is 6.54. The molecule has 0 aliphatic rings. The van der Waals surface area contributed by atoms with Crippen LogP contribution in [0, 0.1) is 5.92 Å². The molecule has 0 aromatic rings. The number of unbranched alkanes of at least 4 members (excludes halogenated alkanes) is 1. The molecule has 8 nitrogen and oxygen atoms in total. The first kappa shape index (κ1) is 33.0. The van der Waals surface area contributed by atoms with Gasteiger partial charge in [-0.2, -0.15) is 0 Å². The number of hydrogen-bond acceptors (Lipinski definition) is 7. The number of carbonyl (C=O) groups is 1. The van der Waals surface area contributed by atoms with E-state index in [9.17, 15) is 4.79 Å². The van der Waals surface area contributed by atoms with Gasteiger partial charge in [0.2, 0.25) is 0 Å². The quantitative estimate of drug-likeness (QED) is 0.325. The Bertz CT molecular complexity index is 193. The van der Waals surface area contributed by atoms with E-state index < -0.39 is 5.97 Å². The Balaban J connectivity index is -0.0000000697. The molecule has 0 aromatic heterocycles. The van der Waals surface area contributed by atoms with E-state index >= 15 is 0 Å². The molecule has 0 bridgehead atoms. The average molecular weight is 328 g/mol. The van der Waals surface area contributed by atoms with Crippen molar-refractivity contribution in [2.24, 2.45) is 23.1 Å². The summed E-state index contributed by atoms with van der Waals surface area (Å²) < 4.78 is 0. The van der Waals surface area contributed by atoms with Crippen molar-refractivity contribution in [3.05, 3.63) is 0 Å². The summed E-state index contributed by atoms with van der Waals surface area (Å²) in [5.74, 6) is -0.754. The minimum atomic E-state index is -0.643. The van der Waals surface area contributed by atoms with E-state index in [1.807, 2.05) is 6.92 Å². The van der Waals surface area contributed by atoms with Crippen molar-refractivity contribution in [3.63, 3.8) is 0 Å². The zero-order chi connectivity index (χ0) is 16.4. The maximum Gasteiger partial charge on any atom is 0.306 e. The van der Waals surface area contributed by atoms with Crippen LogP contribution in [-0.4, -0.2) is 35.5 Å². The van der Waals surface area contributed by atoms with E-state index in [1.165, 1.54) is 0 Å². The predicted molar refractivity (Wildman–Crippen MR) is 94.2 cm³/mol. The first-order valence-electron chi connectivity index (χ1n) is 7.45. The first-order chi connectivity index (χ1) is 9.40. The Morgan fingerprint density at radius 3 is 1.64 bits per heavy atom. The molecule has 0 aromatic carbocycles. The molecule has 0 fully saturated rings. The molecule has 1 atom stereocenters. The van der Waals surface area contributed by atoms with Crippen LogP contribution in [0.2, 0.25) is 0 Å². The summed E-state index contributed by atoms with van der Waals surface area (Å²) in [6.07, 6.45) is 5.62. The van der Waals surface area contributed by atoms with Gasteiger partial charge >= 0.3 is 5.97 Å². The summed E-state index contributed by atoms with van der Waals surface area (Å²) in [6, 6.07) is 0. The summed E-state index contributed by atoms with van der Waals surface area (Å²) >= 11 is 0. The molecule has 8 heteroatoms. The SMILES string of the molecule is CCCC(N)N.CCCCC(CC)C(=O)O.N.N.NCCO. The molecule has 140 valence electrons. The molecule has 1 unspecified atom stereocenters. The van der Waals surface area contributed by atoms with Crippen LogP contribution in [0.1, 0.15) is 59.3 Å². The second-order valence-corrected chi connectivity index (χ2v) is 4.55. The van der Waals surface area contributed by atoms with Crippen LogP contribution in [0.4, 0.5) is 0 Å². The highest BCUT2D eigenvalue weighted by atomic mass is 16.4. The van der Waals surface area contributed by atoms with Gasteiger partial charge in [-0.15, -0.1) is 0 Å². The molecule has 0 heterocycles. The van der Waals surface area contributed by atoms with E-state index in [0.29, 0.717) is 6.54 Å². The monoisotopic (exact) mass is 327 g/mol. The first-order valence-corrected chi connectivity index (χ1v) is 7.45. The number of aliphatic hydroxyl groups is 1. The van der Waals surface area contributed by atoms with Gasteiger partial charge in [-0.1, -0.05) is 40.0 Å². The Morgan fingerprint density at radius 1 is 1.05 bits per heavy atom. The zero-order valence-corrected chi connectivity index (χ0v) is 14.8. The molecule has 0 radical (unpaired) electrons. The third kappa shape index (κ3) is 36.5. The number of hydrogen-bond donors (Lipinski definition) is 7. The van der Waals surface area contributed by atoms with Crippen LogP contribution in [-0.2, 0) is 4.79 Å². The lowest BCUT2D eigenvalue weighted by Gasteiger charge is -2.06. The Hall–Kier alpha value is -0.770. The molecule has 22 heavy (non-hydrogen) atoms. The number of nitrogens with two attached hydrogens (primary N) is 3. The molecular weight excluding hydrogens is 286 g/mol. The summed E-state index contributed by atoms with van der Waals surface area (Å²) in [5, 5.41) is 16.3. The average Bonchev–Trinajstić information content (AvgIpc) is 2.40. The summed E-state index contributed by atoms with van der Waals surface area (Å²) in [5.41, 5.74) is 15.1. The number of aliphatic hydroxyl groups excluding tert-OH is 1. The predicted octanol–water partition coefficient (Wildman–Crippen LogP) is 1.58. The zero-order valence-electron chi connectivity index (χ0n) is 14.8. The second kappa shape index (κ2) is 28.4. The molecule has 0 rings (SSSR count). The van der Waals surface area contributed by atoms with Gasteiger partial charge < -0.3 is 39.7 Å². The van der Waals surface area contributed by atoms with Crippen LogP contribution in [0.15, 0.2) is 0 Å². The lowest BCUT2D eigenvalue weighted by molar-refractivity contribution is -0.142. The molecule has 0 saturated heterocycles. The number of carboxylic acid groups (broad SMARTS) is 1. The smallest absolute Gasteiger partial charge is 0.306 e. The summed E-state index contributed by atoms with van der Waals surface area (Å²) in [4.78, 5) is 10.4. The van der Waals surface area contributed by atoms with Gasteiger partial charge in [0.15, 0.2) is 0 Å². The van der Waals surface area contributed by atoms with Gasteiger partial charge in [0.25, 0.3) is 0 Å². The normalized spacial score (nSPS) is 10.0. The van der Waals surface area contributed by atoms with Crippen molar-refractivity contribution in [1.29, 1.82) is 0 Å². The van der Waals surface area contributed by atoms with Crippen LogP contribution < -0.4 is 29.5 Å². The van der Waals surface area contributed by atoms with E-state index in [2.05, 4.69) is 13.8 Å². The highest BCUT2D eigenvalue weighted by Gasteiger charge is 2.12. The fourth-order valence-electron chi connectivity index (χ4n) is 1.29. The maximum atomic E-state index is 10.4. The van der Waals surface area contributed by atoms with Gasteiger partial charge in [-0.25, -0.2) is 0 Å². The molecule has 0 amide bonds. The van der Waals surface area contributed by atoms with Crippen LogP contribution >= 0.6 is 0 Å². The molecule has 0 aliphatic carbocycles. The van der Waals surface area contributed by atoms with Crippen molar-refractivity contribution >= 4 is 5.97 Å². The van der Waals surface area contributed by atoms with Crippen LogP contribution in [0.25, 0.3) is 0 Å². The standard InChI is InChI=1S/C8H16O2.C4H12N2.C2H7NO.2H3N/c1-3-5-6-7(4-2)8(9)10;1-2-3-4(5)6;3-1-2-4;;/h7H,3-6H2,1-2H3,(H,9,10);4H,2-3,5-6H2,1H3;4H,1-3H2;2*1H3. The molecule has 14 N–H and O–H groups in total. The largest absolute Gasteiger partial charge is 0.481 e. The minimum Gasteiger partial charge on any atom is -0.481 e. The van der Waals surface area contributed by atoms with Crippen LogP contribution in [0.5, 0.6) is 0 Å². The Labute approximate surface area is 136 Å². The number of carboxylic acids is 1. The fraction of sp³-hybridized carbons (Fsp3) is 0.929. The van der Waals surface area contributed by atoms with Crippen LogP contribution in [0.3, 0.4) is 0 Å². The van der Waals surface area contributed by atoms with E-state index in [0.717, 1.165) is 38.5 Å². The molecule has 0 saturated carbocycles. The molecule has 0 aliphatic heterocycles. The number of rotatable bonds is 8. The van der Waals surface area contributed by atoms with Gasteiger partial charge in [0.05, 0.1) is 18.7 Å². The summed E-state index contributed by atoms with van der Waals surface area (Å²) in [7, 11) is 0. The highest BCUT2D eigenvalue weighted by Crippen LogP contribution is 2.11. The van der Waals surface area contributed by atoms with Crippen molar-refractivity contribution in [1.82, 2.24) is 12.3 Å². The minimum absolute atomic E-state index is 0. The van der Waals surface area contributed by atoms with Crippen molar-refractivity contribution in [2.45, 2.75) is 65.5 Å². The van der Waals surface area contributed by atoms with E-state index in [1.54, 1.807) is 0 Å². The Kier molecular flexibility index (Phi) is 42.6. The van der Waals surface area contributed by atoms with Crippen molar-refractivity contribution in [2.75, 3.05) is 13.2 Å². The fourth-order valence-corrected chi connectivity index (χ4v) is 1.29. The third-order valence-corrected chi connectivity index (χ3v) is 2.50. The molecule has 0 spiro atoms. The number of aliphatic carboxylic acids is 1. The molecular formula is C14H41N5O3. The topological polar surface area (TPSA) is 206 Å². The second-order valence-electron chi connectivity index (χ2n) is 4.55. The lowest BCUT2D eigenvalue weighted by atomic mass is 10.00. The van der Waals surface area contributed by atoms with Gasteiger partial charge in [-0.3, -0.25) is 4.79 Å². The lowest BCUT2D eigenvalue weighted by Crippen LogP contribution is -2.29. The van der Waals surface area contributed by atoms with Gasteiger partial charge in [0, 0.05) is 6.54 Å². The van der Waals surface area contributed by atoms with Gasteiger partial charge in [0.1, 0.15) is 0 Å². The highest BCUT2D eigenvalue weighted by molar-refractivity contribution is 5.69. The van der Waals surface area contributed by atoms with E-state index in [4.69, 9.17) is 27.4 Å². The van der Waals surface area contributed by atoms with Gasteiger partial charge in [-0.05, 0) is 19.3 Å². The van der Waals surface area contributed by atoms with Crippen molar-refractivity contribution < 1.29 is 15.0 Å². The Morgan fingerprint density at radius 2 is 1.50 bits per heavy atom. The maximum absolute atomic E-state index is 10.4. The van der Waals surface area contributed by atoms with Crippen molar-refractivity contribution in [3.8, 4) is 0 Å².